The minimum atomic E-state index is -0.497. The average molecular weight is 496 g/mol. The summed E-state index contributed by atoms with van der Waals surface area (Å²) in [5.41, 5.74) is 4.79. The number of pyridine rings is 1. The van der Waals surface area contributed by atoms with E-state index in [2.05, 4.69) is 31.4 Å². The van der Waals surface area contributed by atoms with Crippen LogP contribution in [0.4, 0.5) is 10.5 Å². The third-order valence-corrected chi connectivity index (χ3v) is 7.70. The van der Waals surface area contributed by atoms with Crippen LogP contribution in [-0.2, 0) is 24.9 Å². The monoisotopic (exact) mass is 495 g/mol. The number of carbonyl (C=O) groups is 1. The zero-order valence-corrected chi connectivity index (χ0v) is 21.1. The predicted molar refractivity (Wildman–Crippen MR) is 139 cm³/mol. The van der Waals surface area contributed by atoms with Gasteiger partial charge in [0.25, 0.3) is 0 Å². The molecule has 6 rings (SSSR count). The van der Waals surface area contributed by atoms with Gasteiger partial charge in [0.05, 0.1) is 48.9 Å². The van der Waals surface area contributed by atoms with Gasteiger partial charge in [0.2, 0.25) is 0 Å². The summed E-state index contributed by atoms with van der Waals surface area (Å²) in [5.74, 6) is 0. The molecule has 3 aromatic heterocycles. The molecule has 1 amide bonds. The quantitative estimate of drug-likeness (QED) is 0.349. The van der Waals surface area contributed by atoms with Gasteiger partial charge in [0.1, 0.15) is 5.60 Å². The summed E-state index contributed by atoms with van der Waals surface area (Å²) in [7, 11) is 1.89. The molecule has 0 radical (unpaired) electrons. The van der Waals surface area contributed by atoms with Gasteiger partial charge in [-0.05, 0) is 60.9 Å². The first kappa shape index (κ1) is 23.2. The highest BCUT2D eigenvalue weighted by Gasteiger charge is 2.51. The Labute approximate surface area is 215 Å². The fraction of sp³-hybridized carbons (Fsp3) is 0.393. The number of rotatable bonds is 5. The second-order valence-corrected chi connectivity index (χ2v) is 10.8. The van der Waals surface area contributed by atoms with Crippen molar-refractivity contribution in [1.29, 1.82) is 0 Å². The minimum Gasteiger partial charge on any atom is -0.441 e. The van der Waals surface area contributed by atoms with Crippen molar-refractivity contribution in [2.45, 2.75) is 51.3 Å². The van der Waals surface area contributed by atoms with Crippen molar-refractivity contribution in [3.05, 3.63) is 72.4 Å². The summed E-state index contributed by atoms with van der Waals surface area (Å²) < 4.78 is 10.0. The Morgan fingerprint density at radius 1 is 1.16 bits per heavy atom. The molecule has 2 atom stereocenters. The van der Waals surface area contributed by atoms with Crippen LogP contribution in [0.2, 0.25) is 0 Å². The van der Waals surface area contributed by atoms with Crippen molar-refractivity contribution in [3.63, 3.8) is 0 Å². The van der Waals surface area contributed by atoms with E-state index in [1.807, 2.05) is 50.0 Å². The summed E-state index contributed by atoms with van der Waals surface area (Å²) in [4.78, 5) is 27.4. The normalized spacial score (nSPS) is 23.5. The molecule has 1 aliphatic heterocycles. The van der Waals surface area contributed by atoms with Crippen LogP contribution < -0.4 is 0 Å². The zero-order valence-electron chi connectivity index (χ0n) is 21.1. The Kier molecular flexibility index (Phi) is 5.48. The van der Waals surface area contributed by atoms with Gasteiger partial charge < -0.3 is 9.30 Å². The minimum absolute atomic E-state index is 0.0608. The molecule has 4 heterocycles. The van der Waals surface area contributed by atoms with Gasteiger partial charge in [-0.3, -0.25) is 14.6 Å². The lowest BCUT2D eigenvalue weighted by Crippen LogP contribution is -2.44. The molecule has 37 heavy (non-hydrogen) atoms. The molecular formula is C28H29N7O2. The summed E-state index contributed by atoms with van der Waals surface area (Å²) in [6.45, 7) is 11.4. The molecule has 1 saturated heterocycles. The van der Waals surface area contributed by atoms with E-state index in [0.717, 1.165) is 60.1 Å². The first-order valence-electron chi connectivity index (χ1n) is 12.6. The van der Waals surface area contributed by atoms with Crippen LogP contribution in [-0.4, -0.2) is 47.5 Å². The predicted octanol–water partition coefficient (Wildman–Crippen LogP) is 5.35. The number of aryl methyl sites for hydroxylation is 1. The second-order valence-electron chi connectivity index (χ2n) is 10.8. The first-order valence-corrected chi connectivity index (χ1v) is 12.6. The SMILES string of the molecule is [C-]#[N+]c1ccc2ncn(C[C@@]3(C)CCC[C@@]4(CN(Cc5cc(-c6cnn(C)c6)ccn5)C(=O)O4)C3)c2c1. The molecule has 9 nitrogen and oxygen atoms in total. The molecule has 1 spiro atoms. The number of fused-ring (bicyclic) bond motifs is 1. The molecule has 188 valence electrons. The maximum absolute atomic E-state index is 13.0. The first-order chi connectivity index (χ1) is 17.8. The maximum atomic E-state index is 13.0. The van der Waals surface area contributed by atoms with Crippen LogP contribution in [0.15, 0.2) is 55.2 Å². The fourth-order valence-electron chi connectivity index (χ4n) is 6.13. The van der Waals surface area contributed by atoms with Gasteiger partial charge in [-0.2, -0.15) is 5.10 Å². The van der Waals surface area contributed by atoms with Crippen LogP contribution in [0.3, 0.4) is 0 Å². The zero-order chi connectivity index (χ0) is 25.6. The molecule has 1 saturated carbocycles. The molecule has 0 bridgehead atoms. The summed E-state index contributed by atoms with van der Waals surface area (Å²) in [6.07, 6.45) is 10.8. The van der Waals surface area contributed by atoms with E-state index in [9.17, 15) is 4.79 Å². The molecular weight excluding hydrogens is 466 g/mol. The summed E-state index contributed by atoms with van der Waals surface area (Å²) in [5, 5.41) is 4.25. The van der Waals surface area contributed by atoms with Gasteiger partial charge in [-0.15, -0.1) is 0 Å². The van der Waals surface area contributed by atoms with Crippen LogP contribution in [0.1, 0.15) is 38.3 Å². The Bertz CT molecular complexity index is 1530. The van der Waals surface area contributed by atoms with Gasteiger partial charge in [-0.25, -0.2) is 14.6 Å². The Morgan fingerprint density at radius 3 is 2.86 bits per heavy atom. The Balaban J connectivity index is 1.19. The van der Waals surface area contributed by atoms with Crippen molar-refractivity contribution in [3.8, 4) is 11.1 Å². The van der Waals surface area contributed by atoms with E-state index in [0.29, 0.717) is 18.8 Å². The highest BCUT2D eigenvalue weighted by Crippen LogP contribution is 2.47. The summed E-state index contributed by atoms with van der Waals surface area (Å²) in [6, 6.07) is 9.58. The molecule has 2 aliphatic rings. The fourth-order valence-corrected chi connectivity index (χ4v) is 6.13. The number of aromatic nitrogens is 5. The topological polar surface area (TPSA) is 82.4 Å². The molecule has 4 aromatic rings. The van der Waals surface area contributed by atoms with Crippen LogP contribution >= 0.6 is 0 Å². The molecule has 0 N–H and O–H groups in total. The van der Waals surface area contributed by atoms with Gasteiger partial charge in [0.15, 0.2) is 5.69 Å². The lowest BCUT2D eigenvalue weighted by molar-refractivity contribution is -0.0270. The maximum Gasteiger partial charge on any atom is 0.410 e. The van der Waals surface area contributed by atoms with E-state index < -0.39 is 5.60 Å². The number of hydrogen-bond acceptors (Lipinski definition) is 5. The van der Waals surface area contributed by atoms with Crippen molar-refractivity contribution in [2.75, 3.05) is 6.54 Å². The van der Waals surface area contributed by atoms with E-state index in [1.165, 1.54) is 0 Å². The standard InChI is InChI=1S/C28H29N7O2/c1-27(17-35-19-31-24-6-5-22(29-2)12-25(24)35)8-4-9-28(16-27)18-34(26(36)37-28)15-23-11-20(7-10-30-23)21-13-32-33(3)14-21/h5-7,10-14,19H,4,8-9,15-18H2,1,3H3/t27-,28-/m0/s1. The molecule has 9 heteroatoms. The van der Waals surface area contributed by atoms with Crippen molar-refractivity contribution < 1.29 is 9.53 Å². The van der Waals surface area contributed by atoms with Crippen LogP contribution in [0.25, 0.3) is 27.0 Å². The highest BCUT2D eigenvalue weighted by atomic mass is 16.6. The second kappa shape index (κ2) is 8.73. The number of imidazole rings is 1. The third-order valence-electron chi connectivity index (χ3n) is 7.70. The lowest BCUT2D eigenvalue weighted by atomic mass is 9.68. The summed E-state index contributed by atoms with van der Waals surface area (Å²) >= 11 is 0. The average Bonchev–Trinajstić information content (AvgIpc) is 3.56. The lowest BCUT2D eigenvalue weighted by Gasteiger charge is -2.43. The van der Waals surface area contributed by atoms with E-state index in [1.54, 1.807) is 21.8 Å². The third kappa shape index (κ3) is 4.44. The number of carbonyl (C=O) groups excluding carboxylic acids is 1. The van der Waals surface area contributed by atoms with E-state index in [4.69, 9.17) is 11.3 Å². The van der Waals surface area contributed by atoms with Gasteiger partial charge in [-0.1, -0.05) is 13.0 Å². The van der Waals surface area contributed by atoms with Crippen LogP contribution in [0.5, 0.6) is 0 Å². The van der Waals surface area contributed by atoms with E-state index in [-0.39, 0.29) is 11.5 Å². The van der Waals surface area contributed by atoms with Gasteiger partial charge in [0, 0.05) is 31.5 Å². The van der Waals surface area contributed by atoms with Crippen LogP contribution in [0, 0.1) is 12.0 Å². The number of amides is 1. The number of hydrogen-bond donors (Lipinski definition) is 0. The highest BCUT2D eigenvalue weighted by molar-refractivity contribution is 5.79. The number of ether oxygens (including phenoxy) is 1. The van der Waals surface area contributed by atoms with Gasteiger partial charge >= 0.3 is 6.09 Å². The largest absolute Gasteiger partial charge is 0.441 e. The number of benzene rings is 1. The van der Waals surface area contributed by atoms with E-state index >= 15 is 0 Å². The molecule has 2 fully saturated rings. The molecule has 1 aliphatic carbocycles. The van der Waals surface area contributed by atoms with Crippen molar-refractivity contribution >= 4 is 22.8 Å². The number of nitrogens with zero attached hydrogens (tertiary/aromatic N) is 7. The smallest absolute Gasteiger partial charge is 0.410 e. The molecule has 1 aromatic carbocycles. The Hall–Kier alpha value is -4.19. The molecule has 0 unspecified atom stereocenters. The van der Waals surface area contributed by atoms with Crippen molar-refractivity contribution in [2.24, 2.45) is 12.5 Å². The van der Waals surface area contributed by atoms with Crippen molar-refractivity contribution in [1.82, 2.24) is 29.2 Å². The Morgan fingerprint density at radius 2 is 2.05 bits per heavy atom.